The third kappa shape index (κ3) is 3.22. The molecule has 0 atom stereocenters. The Labute approximate surface area is 162 Å². The smallest absolute Gasteiger partial charge is 0.262 e. The third-order valence-electron chi connectivity index (χ3n) is 4.13. The number of nitrogens with zero attached hydrogens (tertiary/aromatic N) is 3. The van der Waals surface area contributed by atoms with Crippen LogP contribution in [-0.2, 0) is 13.1 Å². The summed E-state index contributed by atoms with van der Waals surface area (Å²) in [5.41, 5.74) is 1.54. The van der Waals surface area contributed by atoms with Crippen molar-refractivity contribution in [2.75, 3.05) is 0 Å². The molecule has 7 nitrogen and oxygen atoms in total. The number of aromatic amines is 1. The van der Waals surface area contributed by atoms with Crippen LogP contribution in [0.2, 0.25) is 0 Å². The van der Waals surface area contributed by atoms with Gasteiger partial charge in [-0.15, -0.1) is 17.9 Å². The molecule has 0 radical (unpaired) electrons. The normalized spacial score (nSPS) is 11.1. The Morgan fingerprint density at radius 2 is 2.30 bits per heavy atom. The summed E-state index contributed by atoms with van der Waals surface area (Å²) >= 11 is 6.76. The van der Waals surface area contributed by atoms with Crippen LogP contribution in [0.1, 0.15) is 16.1 Å². The van der Waals surface area contributed by atoms with Crippen LogP contribution >= 0.6 is 23.6 Å². The molecule has 0 fully saturated rings. The number of thiazole rings is 1. The van der Waals surface area contributed by atoms with Crippen LogP contribution in [0.25, 0.3) is 15.9 Å². The van der Waals surface area contributed by atoms with Gasteiger partial charge in [0.2, 0.25) is 0 Å². The van der Waals surface area contributed by atoms with Gasteiger partial charge in [0.1, 0.15) is 0 Å². The van der Waals surface area contributed by atoms with Gasteiger partial charge in [0, 0.05) is 29.9 Å². The number of benzene rings is 1. The number of hydrogen-bond acceptors (Lipinski definition) is 5. The van der Waals surface area contributed by atoms with Crippen LogP contribution in [0.3, 0.4) is 0 Å². The largest absolute Gasteiger partial charge is 0.346 e. The fourth-order valence-electron chi connectivity index (χ4n) is 2.82. The summed E-state index contributed by atoms with van der Waals surface area (Å²) in [5, 5.41) is 5.26. The van der Waals surface area contributed by atoms with Crippen LogP contribution in [0.15, 0.2) is 53.4 Å². The second-order valence-electron chi connectivity index (χ2n) is 5.90. The molecule has 136 valence electrons. The van der Waals surface area contributed by atoms with Gasteiger partial charge in [0.15, 0.2) is 9.73 Å². The summed E-state index contributed by atoms with van der Waals surface area (Å²) in [6.45, 7) is 4.28. The first kappa shape index (κ1) is 17.4. The van der Waals surface area contributed by atoms with Crippen LogP contribution in [-0.4, -0.2) is 24.8 Å². The van der Waals surface area contributed by atoms with E-state index in [0.29, 0.717) is 34.3 Å². The van der Waals surface area contributed by atoms with E-state index in [0.717, 1.165) is 10.7 Å². The number of amides is 1. The lowest BCUT2D eigenvalue weighted by Crippen LogP contribution is -2.24. The van der Waals surface area contributed by atoms with Crippen molar-refractivity contribution in [1.82, 2.24) is 24.3 Å². The molecular weight excluding hydrogens is 382 g/mol. The third-order valence-corrected chi connectivity index (χ3v) is 5.22. The van der Waals surface area contributed by atoms with Gasteiger partial charge in [-0.3, -0.25) is 18.6 Å². The van der Waals surface area contributed by atoms with E-state index in [1.165, 1.54) is 15.9 Å². The first-order chi connectivity index (χ1) is 13.1. The van der Waals surface area contributed by atoms with Crippen molar-refractivity contribution in [3.8, 4) is 0 Å². The Hall–Kier alpha value is -3.04. The van der Waals surface area contributed by atoms with Gasteiger partial charge < -0.3 is 10.3 Å². The molecule has 0 saturated carbocycles. The van der Waals surface area contributed by atoms with Crippen molar-refractivity contribution >= 4 is 45.3 Å². The number of carbonyl (C=O) groups excluding carboxylic acids is 1. The Morgan fingerprint density at radius 3 is 3.07 bits per heavy atom. The number of aromatic nitrogens is 4. The monoisotopic (exact) mass is 397 g/mol. The van der Waals surface area contributed by atoms with Crippen molar-refractivity contribution in [3.05, 3.63) is 75.0 Å². The average Bonchev–Trinajstić information content (AvgIpc) is 3.24. The molecule has 27 heavy (non-hydrogen) atoms. The van der Waals surface area contributed by atoms with Gasteiger partial charge in [-0.2, -0.15) is 0 Å². The minimum Gasteiger partial charge on any atom is -0.346 e. The van der Waals surface area contributed by atoms with E-state index >= 15 is 0 Å². The Bertz CT molecular complexity index is 1270. The molecule has 0 aliphatic heterocycles. The number of hydrogen-bond donors (Lipinski definition) is 2. The molecule has 3 aromatic heterocycles. The SMILES string of the molecule is C=CCn1c(=S)[nH]c2cc(C(=O)NCc3cn4ccsc4n3)ccc2c1=O. The van der Waals surface area contributed by atoms with Gasteiger partial charge >= 0.3 is 0 Å². The minimum absolute atomic E-state index is 0.210. The van der Waals surface area contributed by atoms with E-state index in [-0.39, 0.29) is 11.5 Å². The molecule has 9 heteroatoms. The summed E-state index contributed by atoms with van der Waals surface area (Å²) in [4.78, 5) is 33.3. The molecule has 1 amide bonds. The molecule has 1 aromatic carbocycles. The average molecular weight is 397 g/mol. The Balaban J connectivity index is 1.59. The van der Waals surface area contributed by atoms with Gasteiger partial charge in [-0.05, 0) is 30.4 Å². The van der Waals surface area contributed by atoms with Crippen molar-refractivity contribution in [3.63, 3.8) is 0 Å². The van der Waals surface area contributed by atoms with Gasteiger partial charge in [0.05, 0.1) is 23.1 Å². The molecule has 2 N–H and O–H groups in total. The lowest BCUT2D eigenvalue weighted by atomic mass is 10.1. The molecule has 0 saturated heterocycles. The molecular formula is C18H15N5O2S2. The molecule has 0 aliphatic rings. The summed E-state index contributed by atoms with van der Waals surface area (Å²) in [7, 11) is 0. The molecule has 4 rings (SSSR count). The molecule has 0 unspecified atom stereocenters. The Kier molecular flexibility index (Phi) is 4.46. The van der Waals surface area contributed by atoms with E-state index in [4.69, 9.17) is 12.2 Å². The maximum Gasteiger partial charge on any atom is 0.262 e. The summed E-state index contributed by atoms with van der Waals surface area (Å²) in [5.74, 6) is -0.247. The van der Waals surface area contributed by atoms with Gasteiger partial charge in [0.25, 0.3) is 11.5 Å². The maximum absolute atomic E-state index is 12.5. The molecule has 0 aliphatic carbocycles. The predicted molar refractivity (Wildman–Crippen MR) is 108 cm³/mol. The zero-order valence-electron chi connectivity index (χ0n) is 14.1. The van der Waals surface area contributed by atoms with Crippen LogP contribution in [0.5, 0.6) is 0 Å². The lowest BCUT2D eigenvalue weighted by molar-refractivity contribution is 0.0950. The quantitative estimate of drug-likeness (QED) is 0.401. The number of carbonyl (C=O) groups is 1. The predicted octanol–water partition coefficient (Wildman–Crippen LogP) is 2.88. The van der Waals surface area contributed by atoms with Gasteiger partial charge in [-0.25, -0.2) is 4.98 Å². The Morgan fingerprint density at radius 1 is 1.44 bits per heavy atom. The van der Waals surface area contributed by atoms with E-state index in [1.807, 2.05) is 22.2 Å². The summed E-state index contributed by atoms with van der Waals surface area (Å²) < 4.78 is 3.63. The number of imidazole rings is 1. The second kappa shape index (κ2) is 6.93. The zero-order chi connectivity index (χ0) is 19.0. The van der Waals surface area contributed by atoms with Crippen molar-refractivity contribution in [1.29, 1.82) is 0 Å². The first-order valence-corrected chi connectivity index (χ1v) is 9.42. The lowest BCUT2D eigenvalue weighted by Gasteiger charge is -2.08. The second-order valence-corrected chi connectivity index (χ2v) is 7.16. The number of rotatable bonds is 5. The number of allylic oxidation sites excluding steroid dienone is 1. The topological polar surface area (TPSA) is 84.2 Å². The molecule has 4 aromatic rings. The van der Waals surface area contributed by atoms with Gasteiger partial charge in [-0.1, -0.05) is 6.08 Å². The standard InChI is InChI=1S/C18H15N5O2S2/c1-2-5-23-16(25)13-4-3-11(8-14(13)21-17(23)26)15(24)19-9-12-10-22-6-7-27-18(22)20-12/h2-4,6-8,10H,1,5,9H2,(H,19,24)(H,21,26). The van der Waals surface area contributed by atoms with Crippen molar-refractivity contribution in [2.24, 2.45) is 0 Å². The minimum atomic E-state index is -0.247. The van der Waals surface area contributed by atoms with Crippen LogP contribution in [0.4, 0.5) is 0 Å². The maximum atomic E-state index is 12.5. The van der Waals surface area contributed by atoms with E-state index in [9.17, 15) is 9.59 Å². The number of nitrogens with one attached hydrogen (secondary N) is 2. The highest BCUT2D eigenvalue weighted by atomic mass is 32.1. The highest BCUT2D eigenvalue weighted by molar-refractivity contribution is 7.71. The zero-order valence-corrected chi connectivity index (χ0v) is 15.8. The van der Waals surface area contributed by atoms with Crippen LogP contribution in [0, 0.1) is 4.77 Å². The van der Waals surface area contributed by atoms with Crippen molar-refractivity contribution < 1.29 is 4.79 Å². The van der Waals surface area contributed by atoms with E-state index < -0.39 is 0 Å². The molecule has 0 spiro atoms. The first-order valence-electron chi connectivity index (χ1n) is 8.14. The van der Waals surface area contributed by atoms with E-state index in [1.54, 1.807) is 24.3 Å². The van der Waals surface area contributed by atoms with Crippen LogP contribution < -0.4 is 10.9 Å². The number of fused-ring (bicyclic) bond motifs is 2. The fourth-order valence-corrected chi connectivity index (χ4v) is 3.81. The fraction of sp³-hybridized carbons (Fsp3) is 0.111. The summed E-state index contributed by atoms with van der Waals surface area (Å²) in [6.07, 6.45) is 5.41. The molecule has 0 bridgehead atoms. The highest BCUT2D eigenvalue weighted by Gasteiger charge is 2.11. The van der Waals surface area contributed by atoms with E-state index in [2.05, 4.69) is 21.9 Å². The highest BCUT2D eigenvalue weighted by Crippen LogP contribution is 2.13. The summed E-state index contributed by atoms with van der Waals surface area (Å²) in [6, 6.07) is 4.88. The van der Waals surface area contributed by atoms with Crippen molar-refractivity contribution in [2.45, 2.75) is 13.1 Å². The molecule has 3 heterocycles. The number of H-pyrrole nitrogens is 1.